The molecule has 0 saturated carbocycles. The maximum Gasteiger partial charge on any atom is 0.193 e. The van der Waals surface area contributed by atoms with Gasteiger partial charge in [-0.2, -0.15) is 0 Å². The van der Waals surface area contributed by atoms with Crippen molar-refractivity contribution in [1.82, 2.24) is 9.38 Å². The van der Waals surface area contributed by atoms with Crippen LogP contribution in [0.3, 0.4) is 0 Å². The van der Waals surface area contributed by atoms with E-state index in [2.05, 4.69) is 4.98 Å². The second-order valence-corrected chi connectivity index (χ2v) is 5.03. The van der Waals surface area contributed by atoms with Gasteiger partial charge in [-0.3, -0.25) is 4.40 Å². The molecule has 0 spiro atoms. The molecule has 2 heterocycles. The Morgan fingerprint density at radius 3 is 3.17 bits per heavy atom. The van der Waals surface area contributed by atoms with Crippen molar-refractivity contribution in [2.45, 2.75) is 13.5 Å². The van der Waals surface area contributed by atoms with Crippen LogP contribution in [0.4, 0.5) is 5.69 Å². The average Bonchev–Trinajstić information content (AvgIpc) is 2.90. The summed E-state index contributed by atoms with van der Waals surface area (Å²) in [5.74, 6) is 0.714. The van der Waals surface area contributed by atoms with Crippen molar-refractivity contribution < 1.29 is 4.74 Å². The van der Waals surface area contributed by atoms with Crippen LogP contribution >= 0.6 is 11.3 Å². The zero-order valence-electron chi connectivity index (χ0n) is 9.96. The number of nitrogen functional groups attached to an aromatic ring is 1. The average molecular weight is 259 g/mol. The van der Waals surface area contributed by atoms with Gasteiger partial charge < -0.3 is 10.5 Å². The molecule has 0 amide bonds. The van der Waals surface area contributed by atoms with Gasteiger partial charge in [0.1, 0.15) is 12.4 Å². The van der Waals surface area contributed by atoms with Gasteiger partial charge in [0, 0.05) is 17.8 Å². The minimum atomic E-state index is 0.433. The monoisotopic (exact) mass is 259 g/mol. The number of thiazole rings is 1. The number of rotatable bonds is 3. The molecule has 0 saturated heterocycles. The van der Waals surface area contributed by atoms with Gasteiger partial charge in [0.15, 0.2) is 4.96 Å². The fourth-order valence-corrected chi connectivity index (χ4v) is 2.48. The fourth-order valence-electron chi connectivity index (χ4n) is 1.76. The molecule has 2 aromatic heterocycles. The molecule has 18 heavy (non-hydrogen) atoms. The molecule has 0 aliphatic carbocycles. The summed E-state index contributed by atoms with van der Waals surface area (Å²) in [7, 11) is 0. The van der Waals surface area contributed by atoms with E-state index in [4.69, 9.17) is 10.5 Å². The lowest BCUT2D eigenvalue weighted by molar-refractivity contribution is 0.303. The molecule has 0 radical (unpaired) electrons. The van der Waals surface area contributed by atoms with E-state index >= 15 is 0 Å². The molecule has 3 aromatic rings. The molecule has 5 heteroatoms. The standard InChI is InChI=1S/C13H13N3OS/c1-9-2-3-11(14)12(6-9)17-8-10-7-16-4-5-18-13(16)15-10/h2-7H,8,14H2,1H3. The highest BCUT2D eigenvalue weighted by atomic mass is 32.1. The molecule has 92 valence electrons. The van der Waals surface area contributed by atoms with Crippen LogP contribution in [0.15, 0.2) is 36.0 Å². The SMILES string of the molecule is Cc1ccc(N)c(OCc2cn3ccsc3n2)c1. The second-order valence-electron chi connectivity index (χ2n) is 4.16. The van der Waals surface area contributed by atoms with Gasteiger partial charge in [-0.05, 0) is 24.6 Å². The van der Waals surface area contributed by atoms with E-state index in [1.165, 1.54) is 0 Å². The number of fused-ring (bicyclic) bond motifs is 1. The largest absolute Gasteiger partial charge is 0.485 e. The highest BCUT2D eigenvalue weighted by Crippen LogP contribution is 2.23. The minimum Gasteiger partial charge on any atom is -0.485 e. The number of benzene rings is 1. The van der Waals surface area contributed by atoms with Crippen molar-refractivity contribution in [2.75, 3.05) is 5.73 Å². The zero-order valence-corrected chi connectivity index (χ0v) is 10.8. The molecule has 0 aliphatic heterocycles. The predicted molar refractivity (Wildman–Crippen MR) is 73.0 cm³/mol. The van der Waals surface area contributed by atoms with E-state index in [0.29, 0.717) is 18.0 Å². The second kappa shape index (κ2) is 4.34. The van der Waals surface area contributed by atoms with Gasteiger partial charge in [-0.25, -0.2) is 4.98 Å². The fraction of sp³-hybridized carbons (Fsp3) is 0.154. The summed E-state index contributed by atoms with van der Waals surface area (Å²) in [4.78, 5) is 5.43. The van der Waals surface area contributed by atoms with Gasteiger partial charge in [-0.1, -0.05) is 6.07 Å². The summed E-state index contributed by atoms with van der Waals surface area (Å²) in [6.45, 7) is 2.45. The van der Waals surface area contributed by atoms with Gasteiger partial charge in [-0.15, -0.1) is 11.3 Å². The zero-order chi connectivity index (χ0) is 12.5. The van der Waals surface area contributed by atoms with E-state index in [-0.39, 0.29) is 0 Å². The lowest BCUT2D eigenvalue weighted by Crippen LogP contribution is -1.99. The van der Waals surface area contributed by atoms with Crippen LogP contribution in [0.1, 0.15) is 11.3 Å². The maximum absolute atomic E-state index is 5.86. The molecule has 1 aromatic carbocycles. The maximum atomic E-state index is 5.86. The topological polar surface area (TPSA) is 52.5 Å². The lowest BCUT2D eigenvalue weighted by Gasteiger charge is -2.08. The number of hydrogen-bond donors (Lipinski definition) is 1. The van der Waals surface area contributed by atoms with Crippen molar-refractivity contribution >= 4 is 22.0 Å². The van der Waals surface area contributed by atoms with Gasteiger partial charge >= 0.3 is 0 Å². The first kappa shape index (κ1) is 11.1. The van der Waals surface area contributed by atoms with Gasteiger partial charge in [0.25, 0.3) is 0 Å². The highest BCUT2D eigenvalue weighted by molar-refractivity contribution is 7.15. The summed E-state index contributed by atoms with van der Waals surface area (Å²) in [5.41, 5.74) is 8.55. The number of nitrogens with zero attached hydrogens (tertiary/aromatic N) is 2. The van der Waals surface area contributed by atoms with Gasteiger partial charge in [0.05, 0.1) is 11.4 Å². The number of ether oxygens (including phenoxy) is 1. The lowest BCUT2D eigenvalue weighted by atomic mass is 10.2. The smallest absolute Gasteiger partial charge is 0.193 e. The Balaban J connectivity index is 1.77. The third-order valence-electron chi connectivity index (χ3n) is 2.69. The molecule has 3 rings (SSSR count). The number of hydrogen-bond acceptors (Lipinski definition) is 4. The summed E-state index contributed by atoms with van der Waals surface area (Å²) in [6, 6.07) is 5.76. The molecule has 0 unspecified atom stereocenters. The van der Waals surface area contributed by atoms with Crippen molar-refractivity contribution in [3.05, 3.63) is 47.2 Å². The van der Waals surface area contributed by atoms with Gasteiger partial charge in [0.2, 0.25) is 0 Å². The summed E-state index contributed by atoms with van der Waals surface area (Å²) in [5, 5.41) is 2.01. The molecular weight excluding hydrogens is 246 g/mol. The quantitative estimate of drug-likeness (QED) is 0.736. The Hall–Kier alpha value is -2.01. The highest BCUT2D eigenvalue weighted by Gasteiger charge is 2.05. The van der Waals surface area contributed by atoms with Crippen LogP contribution in [0.5, 0.6) is 5.75 Å². The van der Waals surface area contributed by atoms with E-state index in [1.54, 1.807) is 11.3 Å². The number of anilines is 1. The predicted octanol–water partition coefficient (Wildman–Crippen LogP) is 2.87. The first-order valence-corrected chi connectivity index (χ1v) is 6.50. The van der Waals surface area contributed by atoms with E-state index in [1.807, 2.05) is 47.3 Å². The van der Waals surface area contributed by atoms with Crippen molar-refractivity contribution in [3.63, 3.8) is 0 Å². The first-order chi connectivity index (χ1) is 8.72. The number of nitrogens with two attached hydrogens (primary N) is 1. The summed E-state index contributed by atoms with van der Waals surface area (Å²) < 4.78 is 7.70. The number of aryl methyl sites for hydroxylation is 1. The summed E-state index contributed by atoms with van der Waals surface area (Å²) in [6.07, 6.45) is 3.95. The molecule has 2 N–H and O–H groups in total. The van der Waals surface area contributed by atoms with Crippen LogP contribution < -0.4 is 10.5 Å². The Bertz CT molecular complexity index is 658. The third kappa shape index (κ3) is 2.04. The van der Waals surface area contributed by atoms with Crippen LogP contribution in [0, 0.1) is 6.92 Å². The van der Waals surface area contributed by atoms with E-state index in [0.717, 1.165) is 16.2 Å². The molecule has 0 atom stereocenters. The number of aromatic nitrogens is 2. The summed E-state index contributed by atoms with van der Waals surface area (Å²) >= 11 is 1.61. The Labute approximate surface area is 109 Å². The van der Waals surface area contributed by atoms with Crippen molar-refractivity contribution in [1.29, 1.82) is 0 Å². The van der Waals surface area contributed by atoms with Crippen LogP contribution in [0.25, 0.3) is 4.96 Å². The molecular formula is C13H13N3OS. The van der Waals surface area contributed by atoms with E-state index < -0.39 is 0 Å². The Morgan fingerprint density at radius 2 is 2.33 bits per heavy atom. The van der Waals surface area contributed by atoms with E-state index in [9.17, 15) is 0 Å². The minimum absolute atomic E-state index is 0.433. The third-order valence-corrected chi connectivity index (χ3v) is 3.46. The van der Waals surface area contributed by atoms with Crippen LogP contribution in [-0.4, -0.2) is 9.38 Å². The normalized spacial score (nSPS) is 10.9. The number of imidazole rings is 1. The van der Waals surface area contributed by atoms with Crippen molar-refractivity contribution in [2.24, 2.45) is 0 Å². The van der Waals surface area contributed by atoms with Crippen molar-refractivity contribution in [3.8, 4) is 5.75 Å². The molecule has 0 bridgehead atoms. The Morgan fingerprint density at radius 1 is 1.44 bits per heavy atom. The van der Waals surface area contributed by atoms with Crippen LogP contribution in [-0.2, 0) is 6.61 Å². The first-order valence-electron chi connectivity index (χ1n) is 5.62. The van der Waals surface area contributed by atoms with Crippen LogP contribution in [0.2, 0.25) is 0 Å². The molecule has 4 nitrogen and oxygen atoms in total. The Kier molecular flexibility index (Phi) is 2.68. The molecule has 0 aliphatic rings. The molecule has 0 fully saturated rings.